The van der Waals surface area contributed by atoms with Crippen LogP contribution in [0.25, 0.3) is 0 Å². The predicted octanol–water partition coefficient (Wildman–Crippen LogP) is 1.18. The van der Waals surface area contributed by atoms with Crippen molar-refractivity contribution >= 4 is 29.2 Å². The Labute approximate surface area is 164 Å². The van der Waals surface area contributed by atoms with E-state index >= 15 is 0 Å². The number of halogens is 1. The normalized spacial score (nSPS) is 10.9. The molecule has 2 aromatic rings. The fraction of sp³-hybridized carbons (Fsp3) is 0.333. The minimum atomic E-state index is -0.978. The number of anilines is 1. The number of phenols is 1. The van der Waals surface area contributed by atoms with Crippen LogP contribution in [0.1, 0.15) is 34.6 Å². The first-order valence-corrected chi connectivity index (χ1v) is 8.70. The van der Waals surface area contributed by atoms with Gasteiger partial charge in [-0.15, -0.1) is 0 Å². The van der Waals surface area contributed by atoms with Gasteiger partial charge in [-0.2, -0.15) is 0 Å². The van der Waals surface area contributed by atoms with E-state index in [1.165, 1.54) is 19.2 Å². The van der Waals surface area contributed by atoms with Crippen molar-refractivity contribution in [1.82, 2.24) is 9.13 Å². The minimum absolute atomic E-state index is 0.0335. The summed E-state index contributed by atoms with van der Waals surface area (Å²) in [5.41, 5.74) is 3.75. The first kappa shape index (κ1) is 21.2. The Morgan fingerprint density at radius 2 is 1.93 bits per heavy atom. The monoisotopic (exact) mass is 409 g/mol. The molecule has 150 valence electrons. The number of aromatic nitrogens is 2. The summed E-state index contributed by atoms with van der Waals surface area (Å²) < 4.78 is 6.79. The number of hydrogen-bond donors (Lipinski definition) is 2. The van der Waals surface area contributed by atoms with Gasteiger partial charge in [-0.25, -0.2) is 9.59 Å². The maximum absolute atomic E-state index is 12.5. The molecule has 10 heteroatoms. The summed E-state index contributed by atoms with van der Waals surface area (Å²) >= 11 is 5.70. The molecule has 0 amide bonds. The number of aromatic hydroxyl groups is 1. The van der Waals surface area contributed by atoms with E-state index in [4.69, 9.17) is 22.1 Å². The molecule has 0 bridgehead atoms. The number of rotatable bonds is 6. The summed E-state index contributed by atoms with van der Waals surface area (Å²) in [6, 6.07) is 3.76. The molecule has 0 radical (unpaired) electrons. The van der Waals surface area contributed by atoms with Gasteiger partial charge >= 0.3 is 11.7 Å². The maximum Gasteiger partial charge on any atom is 0.342 e. The van der Waals surface area contributed by atoms with Crippen molar-refractivity contribution < 1.29 is 19.4 Å². The van der Waals surface area contributed by atoms with Gasteiger partial charge in [-0.3, -0.25) is 18.7 Å². The third-order valence-electron chi connectivity index (χ3n) is 3.92. The van der Waals surface area contributed by atoms with E-state index in [0.29, 0.717) is 0 Å². The summed E-state index contributed by atoms with van der Waals surface area (Å²) in [6.07, 6.45) is 0. The highest BCUT2D eigenvalue weighted by Gasteiger charge is 2.23. The Morgan fingerprint density at radius 1 is 1.29 bits per heavy atom. The molecular weight excluding hydrogens is 390 g/mol. The van der Waals surface area contributed by atoms with Gasteiger partial charge in [0, 0.05) is 18.6 Å². The van der Waals surface area contributed by atoms with Gasteiger partial charge in [0.1, 0.15) is 22.7 Å². The predicted molar refractivity (Wildman–Crippen MR) is 103 cm³/mol. The Balaban J connectivity index is 2.31. The van der Waals surface area contributed by atoms with E-state index in [0.717, 1.165) is 15.2 Å². The summed E-state index contributed by atoms with van der Waals surface area (Å²) in [4.78, 5) is 49.2. The maximum atomic E-state index is 12.5. The Bertz CT molecular complexity index is 1050. The third kappa shape index (κ3) is 4.25. The highest BCUT2D eigenvalue weighted by atomic mass is 35.5. The fourth-order valence-corrected chi connectivity index (χ4v) is 2.71. The zero-order valence-electron chi connectivity index (χ0n) is 15.6. The van der Waals surface area contributed by atoms with Crippen molar-refractivity contribution in [1.29, 1.82) is 0 Å². The Morgan fingerprint density at radius 3 is 2.50 bits per heavy atom. The SMILES string of the molecule is CC(C)Cn1c(N)c(C(=O)COC(=O)c2ccc(Cl)cc2O)c(=O)n(C)c1=O. The zero-order chi connectivity index (χ0) is 21.2. The van der Waals surface area contributed by atoms with Crippen LogP contribution in [0.2, 0.25) is 5.02 Å². The van der Waals surface area contributed by atoms with E-state index in [1.807, 2.05) is 13.8 Å². The molecule has 0 fully saturated rings. The molecule has 0 aliphatic rings. The van der Waals surface area contributed by atoms with Crippen LogP contribution in [0.5, 0.6) is 5.75 Å². The van der Waals surface area contributed by atoms with Crippen LogP contribution in [0.3, 0.4) is 0 Å². The number of ether oxygens (including phenoxy) is 1. The molecule has 0 unspecified atom stereocenters. The van der Waals surface area contributed by atoms with Crippen LogP contribution >= 0.6 is 11.6 Å². The molecule has 0 saturated heterocycles. The zero-order valence-corrected chi connectivity index (χ0v) is 16.3. The van der Waals surface area contributed by atoms with Gasteiger partial charge in [-0.05, 0) is 24.1 Å². The van der Waals surface area contributed by atoms with Crippen molar-refractivity contribution in [3.8, 4) is 5.75 Å². The number of esters is 1. The molecule has 0 aliphatic carbocycles. The largest absolute Gasteiger partial charge is 0.507 e. The lowest BCUT2D eigenvalue weighted by molar-refractivity contribution is 0.0471. The van der Waals surface area contributed by atoms with E-state index in [2.05, 4.69) is 0 Å². The van der Waals surface area contributed by atoms with Crippen LogP contribution in [0, 0.1) is 5.92 Å². The first-order chi connectivity index (χ1) is 13.0. The van der Waals surface area contributed by atoms with E-state index in [-0.39, 0.29) is 28.9 Å². The van der Waals surface area contributed by atoms with E-state index < -0.39 is 40.9 Å². The van der Waals surface area contributed by atoms with Gasteiger partial charge < -0.3 is 15.6 Å². The van der Waals surface area contributed by atoms with Crippen LogP contribution in [-0.4, -0.2) is 32.6 Å². The fourth-order valence-electron chi connectivity index (χ4n) is 2.55. The highest BCUT2D eigenvalue weighted by molar-refractivity contribution is 6.30. The van der Waals surface area contributed by atoms with Crippen molar-refractivity contribution in [3.63, 3.8) is 0 Å². The van der Waals surface area contributed by atoms with Crippen molar-refractivity contribution in [3.05, 3.63) is 55.2 Å². The van der Waals surface area contributed by atoms with Crippen LogP contribution in [-0.2, 0) is 18.3 Å². The lowest BCUT2D eigenvalue weighted by atomic mass is 10.1. The third-order valence-corrected chi connectivity index (χ3v) is 4.16. The lowest BCUT2D eigenvalue weighted by Gasteiger charge is -2.16. The molecule has 2 rings (SSSR count). The lowest BCUT2D eigenvalue weighted by Crippen LogP contribution is -2.43. The number of nitrogens with zero attached hydrogens (tertiary/aromatic N) is 2. The van der Waals surface area contributed by atoms with Gasteiger partial charge in [0.2, 0.25) is 5.78 Å². The number of carbonyl (C=O) groups excluding carboxylic acids is 2. The summed E-state index contributed by atoms with van der Waals surface area (Å²) in [7, 11) is 1.23. The molecule has 1 aromatic heterocycles. The molecule has 0 saturated carbocycles. The van der Waals surface area contributed by atoms with Crippen molar-refractivity contribution in [2.75, 3.05) is 12.3 Å². The van der Waals surface area contributed by atoms with Crippen LogP contribution in [0.15, 0.2) is 27.8 Å². The number of hydrogen-bond acceptors (Lipinski definition) is 7. The molecule has 1 heterocycles. The number of nitrogen functional groups attached to an aromatic ring is 1. The topological polar surface area (TPSA) is 134 Å². The quantitative estimate of drug-likeness (QED) is 0.540. The van der Waals surface area contributed by atoms with Gasteiger partial charge in [-0.1, -0.05) is 25.4 Å². The minimum Gasteiger partial charge on any atom is -0.507 e. The average molecular weight is 410 g/mol. The smallest absolute Gasteiger partial charge is 0.342 e. The number of Topliss-reactive ketones (excluding diaryl/α,β-unsaturated/α-hetero) is 1. The Hall–Kier alpha value is -3.07. The van der Waals surface area contributed by atoms with Gasteiger partial charge in [0.25, 0.3) is 5.56 Å². The molecular formula is C18H20ClN3O6. The molecule has 0 aliphatic heterocycles. The molecule has 0 spiro atoms. The summed E-state index contributed by atoms with van der Waals surface area (Å²) in [5, 5.41) is 9.95. The number of benzene rings is 1. The van der Waals surface area contributed by atoms with Gasteiger partial charge in [0.05, 0.1) is 0 Å². The molecule has 0 atom stereocenters. The van der Waals surface area contributed by atoms with Crippen molar-refractivity contribution in [2.45, 2.75) is 20.4 Å². The molecule has 3 N–H and O–H groups in total. The first-order valence-electron chi connectivity index (χ1n) is 8.32. The average Bonchev–Trinajstić information content (AvgIpc) is 2.61. The second-order valence-corrected chi connectivity index (χ2v) is 7.01. The second-order valence-electron chi connectivity index (χ2n) is 6.57. The Kier molecular flexibility index (Phi) is 6.30. The van der Waals surface area contributed by atoms with E-state index in [9.17, 15) is 24.3 Å². The van der Waals surface area contributed by atoms with Crippen LogP contribution < -0.4 is 17.0 Å². The van der Waals surface area contributed by atoms with E-state index in [1.54, 1.807) is 0 Å². The van der Waals surface area contributed by atoms with Gasteiger partial charge in [0.15, 0.2) is 6.61 Å². The second kappa shape index (κ2) is 8.30. The standard InChI is InChI=1S/C18H20ClN3O6/c1-9(2)7-22-15(20)14(16(25)21(3)18(22)27)13(24)8-28-17(26)11-5-4-10(19)6-12(11)23/h4-6,9,23H,7-8,20H2,1-3H3. The number of phenolic OH excluding ortho intramolecular Hbond substituents is 1. The number of carbonyl (C=O) groups is 2. The molecule has 28 heavy (non-hydrogen) atoms. The van der Waals surface area contributed by atoms with Crippen molar-refractivity contribution in [2.24, 2.45) is 13.0 Å². The highest BCUT2D eigenvalue weighted by Crippen LogP contribution is 2.22. The summed E-state index contributed by atoms with van der Waals surface area (Å²) in [5.74, 6) is -2.50. The van der Waals surface area contributed by atoms with Crippen LogP contribution in [0.4, 0.5) is 5.82 Å². The molecule has 9 nitrogen and oxygen atoms in total. The number of nitrogens with two attached hydrogens (primary N) is 1. The number of ketones is 1. The summed E-state index contributed by atoms with van der Waals surface area (Å²) in [6.45, 7) is 3.11. The molecule has 1 aromatic carbocycles.